The summed E-state index contributed by atoms with van der Waals surface area (Å²) in [4.78, 5) is 25.5. The van der Waals surface area contributed by atoms with E-state index in [9.17, 15) is 9.59 Å². The molecule has 0 heterocycles. The molecule has 1 aliphatic rings. The lowest BCUT2D eigenvalue weighted by molar-refractivity contribution is -0.124. The number of carbonyl (C=O) groups is 2. The third kappa shape index (κ3) is 4.78. The van der Waals surface area contributed by atoms with Gasteiger partial charge >= 0.3 is 0 Å². The molecule has 0 saturated carbocycles. The molecule has 0 radical (unpaired) electrons. The van der Waals surface area contributed by atoms with E-state index in [1.165, 1.54) is 11.1 Å². The van der Waals surface area contributed by atoms with Gasteiger partial charge in [0, 0.05) is 10.0 Å². The van der Waals surface area contributed by atoms with E-state index < -0.39 is 6.04 Å². The summed E-state index contributed by atoms with van der Waals surface area (Å²) in [5, 5.41) is 6.06. The Morgan fingerprint density at radius 3 is 2.48 bits per heavy atom. The monoisotopic (exact) mass is 428 g/mol. The minimum absolute atomic E-state index is 0.00767. The highest BCUT2D eigenvalue weighted by molar-refractivity contribution is 9.10. The number of amides is 2. The Balaban J connectivity index is 1.71. The lowest BCUT2D eigenvalue weighted by Gasteiger charge is -2.29. The second-order valence-corrected chi connectivity index (χ2v) is 8.27. The highest BCUT2D eigenvalue weighted by Crippen LogP contribution is 2.29. The number of carbonyl (C=O) groups excluding carboxylic acids is 2. The lowest BCUT2D eigenvalue weighted by atomic mass is 9.87. The molecule has 2 atom stereocenters. The van der Waals surface area contributed by atoms with E-state index in [1.54, 1.807) is 12.1 Å². The van der Waals surface area contributed by atoms with Gasteiger partial charge in [-0.2, -0.15) is 0 Å². The highest BCUT2D eigenvalue weighted by Gasteiger charge is 2.28. The fourth-order valence-electron chi connectivity index (χ4n) is 3.53. The van der Waals surface area contributed by atoms with Gasteiger partial charge in [-0.25, -0.2) is 0 Å². The first kappa shape index (κ1) is 19.6. The average molecular weight is 429 g/mol. The van der Waals surface area contributed by atoms with Crippen LogP contribution in [-0.4, -0.2) is 17.9 Å². The van der Waals surface area contributed by atoms with Crippen molar-refractivity contribution in [1.82, 2.24) is 10.6 Å². The number of benzene rings is 2. The van der Waals surface area contributed by atoms with Gasteiger partial charge in [0.15, 0.2) is 0 Å². The van der Waals surface area contributed by atoms with Crippen LogP contribution in [0.1, 0.15) is 54.2 Å². The Morgan fingerprint density at radius 1 is 1.07 bits per heavy atom. The summed E-state index contributed by atoms with van der Waals surface area (Å²) < 4.78 is 0.910. The van der Waals surface area contributed by atoms with Crippen molar-refractivity contribution in [2.24, 2.45) is 5.92 Å². The van der Waals surface area contributed by atoms with Crippen LogP contribution in [-0.2, 0) is 11.2 Å². The summed E-state index contributed by atoms with van der Waals surface area (Å²) in [6.45, 7) is 3.89. The maximum atomic E-state index is 13.0. The summed E-state index contributed by atoms with van der Waals surface area (Å²) in [7, 11) is 0. The van der Waals surface area contributed by atoms with Gasteiger partial charge in [0.2, 0.25) is 5.91 Å². The van der Waals surface area contributed by atoms with Crippen LogP contribution in [0.15, 0.2) is 53.0 Å². The second-order valence-electron chi connectivity index (χ2n) is 7.35. The first-order chi connectivity index (χ1) is 13.0. The zero-order valence-electron chi connectivity index (χ0n) is 15.7. The van der Waals surface area contributed by atoms with E-state index in [0.29, 0.717) is 5.56 Å². The molecule has 0 aliphatic heterocycles. The SMILES string of the molecule is CC(C)C(NC(=O)c1ccc(Br)cc1)C(=O)NC1CCCc2ccccc21. The molecule has 0 saturated heterocycles. The van der Waals surface area contributed by atoms with Crippen molar-refractivity contribution in [3.05, 3.63) is 69.7 Å². The summed E-state index contributed by atoms with van der Waals surface area (Å²) in [5.41, 5.74) is 3.03. The molecule has 27 heavy (non-hydrogen) atoms. The summed E-state index contributed by atoms with van der Waals surface area (Å²) in [6, 6.07) is 14.8. The number of fused-ring (bicyclic) bond motifs is 1. The minimum Gasteiger partial charge on any atom is -0.347 e. The van der Waals surface area contributed by atoms with E-state index in [4.69, 9.17) is 0 Å². The highest BCUT2D eigenvalue weighted by atomic mass is 79.9. The third-order valence-electron chi connectivity index (χ3n) is 5.03. The Bertz CT molecular complexity index is 817. The molecule has 0 bridgehead atoms. The van der Waals surface area contributed by atoms with Gasteiger partial charge in [-0.3, -0.25) is 9.59 Å². The number of aryl methyl sites for hydroxylation is 1. The molecule has 1 aliphatic carbocycles. The smallest absolute Gasteiger partial charge is 0.251 e. The minimum atomic E-state index is -0.574. The third-order valence-corrected chi connectivity index (χ3v) is 5.56. The van der Waals surface area contributed by atoms with Crippen molar-refractivity contribution >= 4 is 27.7 Å². The van der Waals surface area contributed by atoms with Crippen LogP contribution in [0.2, 0.25) is 0 Å². The Labute approximate surface area is 168 Å². The summed E-state index contributed by atoms with van der Waals surface area (Å²) >= 11 is 3.36. The van der Waals surface area contributed by atoms with Crippen molar-refractivity contribution in [3.8, 4) is 0 Å². The molecule has 0 spiro atoms. The van der Waals surface area contributed by atoms with Crippen LogP contribution < -0.4 is 10.6 Å². The molecule has 2 aromatic rings. The van der Waals surface area contributed by atoms with Gasteiger partial charge in [0.05, 0.1) is 6.04 Å². The largest absolute Gasteiger partial charge is 0.347 e. The van der Waals surface area contributed by atoms with Gasteiger partial charge in [-0.05, 0) is 60.6 Å². The maximum Gasteiger partial charge on any atom is 0.251 e. The van der Waals surface area contributed by atoms with E-state index in [2.05, 4.69) is 38.7 Å². The lowest BCUT2D eigenvalue weighted by Crippen LogP contribution is -2.50. The molecule has 2 N–H and O–H groups in total. The first-order valence-electron chi connectivity index (χ1n) is 9.40. The molecule has 0 aromatic heterocycles. The van der Waals surface area contributed by atoms with Gasteiger partial charge in [0.25, 0.3) is 5.91 Å². The molecule has 142 valence electrons. The maximum absolute atomic E-state index is 13.0. The van der Waals surface area contributed by atoms with Gasteiger partial charge < -0.3 is 10.6 Å². The summed E-state index contributed by atoms with van der Waals surface area (Å²) in [5.74, 6) is -0.374. The van der Waals surface area contributed by atoms with Crippen LogP contribution in [0.3, 0.4) is 0 Å². The number of rotatable bonds is 5. The quantitative estimate of drug-likeness (QED) is 0.741. The number of hydrogen-bond donors (Lipinski definition) is 2. The van der Waals surface area contributed by atoms with Crippen LogP contribution in [0.4, 0.5) is 0 Å². The average Bonchev–Trinajstić information content (AvgIpc) is 2.66. The van der Waals surface area contributed by atoms with Crippen LogP contribution in [0.5, 0.6) is 0 Å². The van der Waals surface area contributed by atoms with Gasteiger partial charge in [-0.15, -0.1) is 0 Å². The van der Waals surface area contributed by atoms with Crippen LogP contribution in [0, 0.1) is 5.92 Å². The van der Waals surface area contributed by atoms with E-state index in [0.717, 1.165) is 23.7 Å². The number of hydrogen-bond acceptors (Lipinski definition) is 2. The number of halogens is 1. The first-order valence-corrected chi connectivity index (χ1v) is 10.2. The van der Waals surface area contributed by atoms with Crippen LogP contribution in [0.25, 0.3) is 0 Å². The molecular formula is C22H25BrN2O2. The summed E-state index contributed by atoms with van der Waals surface area (Å²) in [6.07, 6.45) is 3.03. The van der Waals surface area contributed by atoms with Gasteiger partial charge in [-0.1, -0.05) is 54.0 Å². The molecular weight excluding hydrogens is 404 g/mol. The number of nitrogens with one attached hydrogen (secondary N) is 2. The zero-order valence-corrected chi connectivity index (χ0v) is 17.3. The van der Waals surface area contributed by atoms with E-state index in [1.807, 2.05) is 38.1 Å². The predicted octanol–water partition coefficient (Wildman–Crippen LogP) is 4.40. The van der Waals surface area contributed by atoms with Crippen molar-refractivity contribution in [3.63, 3.8) is 0 Å². The molecule has 2 amide bonds. The van der Waals surface area contributed by atoms with Crippen LogP contribution >= 0.6 is 15.9 Å². The molecule has 2 aromatic carbocycles. The molecule has 2 unspecified atom stereocenters. The fraction of sp³-hybridized carbons (Fsp3) is 0.364. The van der Waals surface area contributed by atoms with Crippen molar-refractivity contribution < 1.29 is 9.59 Å². The Morgan fingerprint density at radius 2 is 1.78 bits per heavy atom. The Kier molecular flexibility index (Phi) is 6.32. The van der Waals surface area contributed by atoms with E-state index >= 15 is 0 Å². The zero-order chi connectivity index (χ0) is 19.4. The fourth-order valence-corrected chi connectivity index (χ4v) is 3.79. The molecule has 4 nitrogen and oxygen atoms in total. The second kappa shape index (κ2) is 8.70. The van der Waals surface area contributed by atoms with E-state index in [-0.39, 0.29) is 23.8 Å². The van der Waals surface area contributed by atoms with Crippen molar-refractivity contribution in [2.45, 2.75) is 45.2 Å². The normalized spacial score (nSPS) is 17.1. The predicted molar refractivity (Wildman–Crippen MR) is 110 cm³/mol. The van der Waals surface area contributed by atoms with Gasteiger partial charge in [0.1, 0.15) is 6.04 Å². The Hall–Kier alpha value is -2.14. The molecule has 5 heteroatoms. The van der Waals surface area contributed by atoms with Crippen molar-refractivity contribution in [2.75, 3.05) is 0 Å². The molecule has 3 rings (SSSR count). The topological polar surface area (TPSA) is 58.2 Å². The van der Waals surface area contributed by atoms with Crippen molar-refractivity contribution in [1.29, 1.82) is 0 Å². The molecule has 0 fully saturated rings. The standard InChI is InChI=1S/C22H25BrN2O2/c1-14(2)20(25-21(26)16-10-12-17(23)13-11-16)22(27)24-19-9-5-7-15-6-3-4-8-18(15)19/h3-4,6,8,10-14,19-20H,5,7,9H2,1-2H3,(H,24,27)(H,25,26).